The molecular formula is C17H22N2O2. The van der Waals surface area contributed by atoms with E-state index in [4.69, 9.17) is 0 Å². The Balaban J connectivity index is 2.14. The number of para-hydroxylation sites is 1. The van der Waals surface area contributed by atoms with Crippen LogP contribution in [0.5, 0.6) is 0 Å². The van der Waals surface area contributed by atoms with E-state index in [1.807, 2.05) is 45.0 Å². The van der Waals surface area contributed by atoms with Crippen molar-refractivity contribution in [3.8, 4) is 0 Å². The second kappa shape index (κ2) is 6.57. The molecule has 0 saturated heterocycles. The van der Waals surface area contributed by atoms with Gasteiger partial charge in [0.05, 0.1) is 5.52 Å². The molecule has 0 aliphatic rings. The molecule has 0 fully saturated rings. The van der Waals surface area contributed by atoms with E-state index in [9.17, 15) is 9.59 Å². The Morgan fingerprint density at radius 2 is 2.14 bits per heavy atom. The van der Waals surface area contributed by atoms with Crippen LogP contribution in [-0.4, -0.2) is 16.9 Å². The highest BCUT2D eigenvalue weighted by molar-refractivity contribution is 5.82. The summed E-state index contributed by atoms with van der Waals surface area (Å²) in [6.07, 6.45) is 1.70. The first-order valence-electron chi connectivity index (χ1n) is 7.42. The lowest BCUT2D eigenvalue weighted by atomic mass is 10.1. The number of aromatic amines is 1. The molecule has 21 heavy (non-hydrogen) atoms. The molecule has 2 aromatic rings. The number of carbonyl (C=O) groups excluding carboxylic acids is 1. The molecule has 4 heteroatoms. The van der Waals surface area contributed by atoms with Crippen LogP contribution in [0.3, 0.4) is 0 Å². The van der Waals surface area contributed by atoms with Crippen LogP contribution in [0.15, 0.2) is 29.1 Å². The maximum Gasteiger partial charge on any atom is 0.251 e. The largest absolute Gasteiger partial charge is 0.354 e. The lowest BCUT2D eigenvalue weighted by molar-refractivity contribution is -0.121. The van der Waals surface area contributed by atoms with E-state index in [2.05, 4.69) is 10.3 Å². The fourth-order valence-corrected chi connectivity index (χ4v) is 2.31. The number of carbonyl (C=O) groups is 1. The molecule has 0 aliphatic carbocycles. The molecule has 0 saturated carbocycles. The summed E-state index contributed by atoms with van der Waals surface area (Å²) >= 11 is 0. The second-order valence-corrected chi connectivity index (χ2v) is 5.54. The first-order valence-corrected chi connectivity index (χ1v) is 7.42. The van der Waals surface area contributed by atoms with Gasteiger partial charge >= 0.3 is 0 Å². The standard InChI is InChI=1S/C17H22N2O2/c1-4-12(3)18-15(20)9-8-14-10-13-7-5-6-11(2)16(13)19-17(14)21/h5-7,10,12H,4,8-9H2,1-3H3,(H,18,20)(H,19,21). The first kappa shape index (κ1) is 15.3. The van der Waals surface area contributed by atoms with E-state index >= 15 is 0 Å². The molecular weight excluding hydrogens is 264 g/mol. The highest BCUT2D eigenvalue weighted by atomic mass is 16.1. The number of nitrogens with one attached hydrogen (secondary N) is 2. The van der Waals surface area contributed by atoms with Crippen molar-refractivity contribution in [2.45, 2.75) is 46.1 Å². The van der Waals surface area contributed by atoms with E-state index in [1.165, 1.54) is 0 Å². The summed E-state index contributed by atoms with van der Waals surface area (Å²) in [5.41, 5.74) is 2.47. The summed E-state index contributed by atoms with van der Waals surface area (Å²) in [6.45, 7) is 5.97. The Kier molecular flexibility index (Phi) is 4.78. The van der Waals surface area contributed by atoms with Crippen molar-refractivity contribution >= 4 is 16.8 Å². The molecule has 1 heterocycles. The fourth-order valence-electron chi connectivity index (χ4n) is 2.31. The van der Waals surface area contributed by atoms with E-state index < -0.39 is 0 Å². The van der Waals surface area contributed by atoms with Crippen LogP contribution in [0.4, 0.5) is 0 Å². The molecule has 1 unspecified atom stereocenters. The number of pyridine rings is 1. The Morgan fingerprint density at radius 3 is 2.86 bits per heavy atom. The molecule has 1 atom stereocenters. The van der Waals surface area contributed by atoms with Crippen LogP contribution in [-0.2, 0) is 11.2 Å². The van der Waals surface area contributed by atoms with Gasteiger partial charge in [-0.2, -0.15) is 0 Å². The SMILES string of the molecule is CCC(C)NC(=O)CCc1cc2cccc(C)c2[nH]c1=O. The van der Waals surface area contributed by atoms with E-state index in [1.54, 1.807) is 0 Å². The van der Waals surface area contributed by atoms with Crippen molar-refractivity contribution in [2.75, 3.05) is 0 Å². The summed E-state index contributed by atoms with van der Waals surface area (Å²) in [4.78, 5) is 26.8. The van der Waals surface area contributed by atoms with Crippen molar-refractivity contribution < 1.29 is 4.79 Å². The smallest absolute Gasteiger partial charge is 0.251 e. The molecule has 0 bridgehead atoms. The molecule has 1 aromatic heterocycles. The third-order valence-electron chi connectivity index (χ3n) is 3.81. The fraction of sp³-hybridized carbons (Fsp3) is 0.412. The number of hydrogen-bond donors (Lipinski definition) is 2. The first-order chi connectivity index (χ1) is 10.0. The van der Waals surface area contributed by atoms with E-state index in [-0.39, 0.29) is 17.5 Å². The molecule has 4 nitrogen and oxygen atoms in total. The number of fused-ring (bicyclic) bond motifs is 1. The number of amides is 1. The van der Waals surface area contributed by atoms with Crippen LogP contribution in [0, 0.1) is 6.92 Å². The van der Waals surface area contributed by atoms with Crippen molar-refractivity contribution in [1.82, 2.24) is 10.3 Å². The third-order valence-corrected chi connectivity index (χ3v) is 3.81. The monoisotopic (exact) mass is 286 g/mol. The average molecular weight is 286 g/mol. The van der Waals surface area contributed by atoms with Gasteiger partial charge in [0.1, 0.15) is 0 Å². The minimum absolute atomic E-state index is 0.00640. The Morgan fingerprint density at radius 1 is 1.38 bits per heavy atom. The number of aromatic nitrogens is 1. The summed E-state index contributed by atoms with van der Waals surface area (Å²) in [5.74, 6) is -0.00640. The third kappa shape index (κ3) is 3.72. The van der Waals surface area contributed by atoms with Crippen LogP contribution in [0.1, 0.15) is 37.8 Å². The predicted octanol–water partition coefficient (Wildman–Crippen LogP) is 2.68. The average Bonchev–Trinajstić information content (AvgIpc) is 2.46. The molecule has 1 aromatic carbocycles. The van der Waals surface area contributed by atoms with Gasteiger partial charge in [-0.25, -0.2) is 0 Å². The van der Waals surface area contributed by atoms with E-state index in [0.717, 1.165) is 22.9 Å². The minimum Gasteiger partial charge on any atom is -0.354 e. The number of benzene rings is 1. The van der Waals surface area contributed by atoms with Gasteiger partial charge < -0.3 is 10.3 Å². The van der Waals surface area contributed by atoms with Crippen molar-refractivity contribution in [1.29, 1.82) is 0 Å². The van der Waals surface area contributed by atoms with E-state index in [0.29, 0.717) is 18.4 Å². The number of rotatable bonds is 5. The highest BCUT2D eigenvalue weighted by Crippen LogP contribution is 2.15. The zero-order chi connectivity index (χ0) is 15.4. The summed E-state index contributed by atoms with van der Waals surface area (Å²) in [6, 6.07) is 7.97. The quantitative estimate of drug-likeness (QED) is 0.887. The van der Waals surface area contributed by atoms with Crippen molar-refractivity contribution in [3.05, 3.63) is 45.7 Å². The maximum atomic E-state index is 12.1. The zero-order valence-corrected chi connectivity index (χ0v) is 12.8. The van der Waals surface area contributed by atoms with Gasteiger partial charge in [-0.05, 0) is 43.7 Å². The molecule has 112 valence electrons. The van der Waals surface area contributed by atoms with Gasteiger partial charge in [0.15, 0.2) is 0 Å². The van der Waals surface area contributed by atoms with Gasteiger partial charge in [-0.1, -0.05) is 25.1 Å². The Bertz CT molecular complexity index is 703. The predicted molar refractivity (Wildman–Crippen MR) is 85.5 cm³/mol. The van der Waals surface area contributed by atoms with Gasteiger partial charge in [-0.15, -0.1) is 0 Å². The summed E-state index contributed by atoms with van der Waals surface area (Å²) < 4.78 is 0. The molecule has 0 aliphatic heterocycles. The van der Waals surface area contributed by atoms with Crippen molar-refractivity contribution in [3.63, 3.8) is 0 Å². The van der Waals surface area contributed by atoms with Gasteiger partial charge in [0.2, 0.25) is 5.91 Å². The molecule has 2 N–H and O–H groups in total. The molecule has 0 radical (unpaired) electrons. The normalized spacial score (nSPS) is 12.3. The van der Waals surface area contributed by atoms with Crippen LogP contribution < -0.4 is 10.9 Å². The van der Waals surface area contributed by atoms with Gasteiger partial charge in [0.25, 0.3) is 5.56 Å². The molecule has 2 rings (SSSR count). The summed E-state index contributed by atoms with van der Waals surface area (Å²) in [5, 5.41) is 3.92. The minimum atomic E-state index is -0.104. The second-order valence-electron chi connectivity index (χ2n) is 5.54. The number of aryl methyl sites for hydroxylation is 2. The number of hydrogen-bond acceptors (Lipinski definition) is 2. The van der Waals surface area contributed by atoms with Gasteiger partial charge in [-0.3, -0.25) is 9.59 Å². The lowest BCUT2D eigenvalue weighted by Crippen LogP contribution is -2.32. The summed E-state index contributed by atoms with van der Waals surface area (Å²) in [7, 11) is 0. The molecule has 0 spiro atoms. The van der Waals surface area contributed by atoms with Gasteiger partial charge in [0, 0.05) is 18.0 Å². The topological polar surface area (TPSA) is 62.0 Å². The Labute approximate surface area is 124 Å². The highest BCUT2D eigenvalue weighted by Gasteiger charge is 2.09. The number of H-pyrrole nitrogens is 1. The molecule has 1 amide bonds. The Hall–Kier alpha value is -2.10. The van der Waals surface area contributed by atoms with Crippen LogP contribution in [0.2, 0.25) is 0 Å². The van der Waals surface area contributed by atoms with Crippen molar-refractivity contribution in [2.24, 2.45) is 0 Å². The lowest BCUT2D eigenvalue weighted by Gasteiger charge is -2.11. The van der Waals surface area contributed by atoms with Crippen LogP contribution >= 0.6 is 0 Å². The maximum absolute atomic E-state index is 12.1. The van der Waals surface area contributed by atoms with Crippen LogP contribution in [0.25, 0.3) is 10.9 Å². The zero-order valence-electron chi connectivity index (χ0n) is 12.8.